The van der Waals surface area contributed by atoms with Gasteiger partial charge >= 0.3 is 7.91 Å². The molecule has 0 spiro atoms. The lowest BCUT2D eigenvalue weighted by Crippen LogP contribution is -1.92. The van der Waals surface area contributed by atoms with Gasteiger partial charge < -0.3 is 0 Å². The van der Waals surface area contributed by atoms with Crippen molar-refractivity contribution in [2.75, 3.05) is 13.7 Å². The maximum Gasteiger partial charge on any atom is 0.512 e. The molecular weight excluding hydrogens is 326 g/mol. The lowest BCUT2D eigenvalue weighted by atomic mass is 10.1. The molecule has 140 valence electrons. The fourth-order valence-electron chi connectivity index (χ4n) is 2.12. The van der Waals surface area contributed by atoms with E-state index in [1.54, 1.807) is 0 Å². The van der Waals surface area contributed by atoms with Gasteiger partial charge in [-0.15, -0.1) is 4.20 Å². The first-order valence-electron chi connectivity index (χ1n) is 9.07. The van der Waals surface area contributed by atoms with Crippen molar-refractivity contribution in [3.8, 4) is 0 Å². The highest BCUT2D eigenvalue weighted by Gasteiger charge is 2.20. The Kier molecular flexibility index (Phi) is 16.6. The van der Waals surface area contributed by atoms with E-state index < -0.39 is 7.91 Å². The van der Waals surface area contributed by atoms with Crippen LogP contribution in [0.3, 0.4) is 0 Å². The van der Waals surface area contributed by atoms with Gasteiger partial charge in [-0.2, -0.15) is 0 Å². The summed E-state index contributed by atoms with van der Waals surface area (Å²) in [6.07, 6.45) is 23.9. The summed E-state index contributed by atoms with van der Waals surface area (Å²) in [5.41, 5.74) is 0. The molecule has 0 aliphatic rings. The molecule has 3 nitrogen and oxygen atoms in total. The molecule has 1 atom stereocenters. The van der Waals surface area contributed by atoms with Gasteiger partial charge in [-0.3, -0.25) is 9.05 Å². The van der Waals surface area contributed by atoms with E-state index in [0.29, 0.717) is 0 Å². The lowest BCUT2D eigenvalue weighted by molar-refractivity contribution is 0.197. The van der Waals surface area contributed by atoms with E-state index in [9.17, 15) is 8.76 Å². The predicted octanol–water partition coefficient (Wildman–Crippen LogP) is 7.32. The number of halogens is 1. The predicted molar refractivity (Wildman–Crippen MR) is 101 cm³/mol. The molecule has 0 heterocycles. The number of hydrogen-bond acceptors (Lipinski definition) is 3. The van der Waals surface area contributed by atoms with Crippen LogP contribution in [0.4, 0.5) is 4.20 Å². The summed E-state index contributed by atoms with van der Waals surface area (Å²) in [5, 5.41) is 0. The molecule has 0 saturated heterocycles. The number of hydrogen-bond donors (Lipinski definition) is 0. The first kappa shape index (κ1) is 23.3. The summed E-state index contributed by atoms with van der Waals surface area (Å²) >= 11 is 0. The van der Waals surface area contributed by atoms with Crippen molar-refractivity contribution < 1.29 is 17.8 Å². The zero-order valence-corrected chi connectivity index (χ0v) is 16.2. The highest BCUT2D eigenvalue weighted by atomic mass is 31.2. The second-order valence-electron chi connectivity index (χ2n) is 5.65. The number of unbranched alkanes of at least 4 members (excludes halogenated alkanes) is 6. The standard InChI is InChI=1S/C19H34FO3P/c1-3-4-5-6-7-8-9-10-11-12-13-14-15-16-17-18-19-23-24(20,21)22-2/h4-5,7-8,10-11H,3,6,9,12-19H2,1-2H3/b5-4-,8-7-,11-10-. The molecule has 5 heteroatoms. The van der Waals surface area contributed by atoms with Crippen molar-refractivity contribution in [2.45, 2.75) is 71.1 Å². The molecule has 0 aromatic rings. The fourth-order valence-corrected chi connectivity index (χ4v) is 2.58. The third-order valence-corrected chi connectivity index (χ3v) is 4.44. The van der Waals surface area contributed by atoms with Crippen molar-refractivity contribution in [3.05, 3.63) is 36.5 Å². The zero-order chi connectivity index (χ0) is 17.9. The molecule has 24 heavy (non-hydrogen) atoms. The Balaban J connectivity index is 3.29. The van der Waals surface area contributed by atoms with Gasteiger partial charge in [0.15, 0.2) is 0 Å². The summed E-state index contributed by atoms with van der Waals surface area (Å²) in [5.74, 6) is 0. The molecule has 0 saturated carbocycles. The van der Waals surface area contributed by atoms with Crippen molar-refractivity contribution in [3.63, 3.8) is 0 Å². The molecular formula is C19H34FO3P. The molecule has 0 amide bonds. The minimum Gasteiger partial charge on any atom is -0.287 e. The van der Waals surface area contributed by atoms with E-state index in [1.165, 1.54) is 19.3 Å². The minimum atomic E-state index is -4.28. The van der Waals surface area contributed by atoms with Gasteiger partial charge in [-0.05, 0) is 38.5 Å². The van der Waals surface area contributed by atoms with E-state index in [1.807, 2.05) is 0 Å². The van der Waals surface area contributed by atoms with Crippen LogP contribution in [-0.2, 0) is 13.6 Å². The smallest absolute Gasteiger partial charge is 0.287 e. The second kappa shape index (κ2) is 17.1. The van der Waals surface area contributed by atoms with Crippen molar-refractivity contribution in [1.29, 1.82) is 0 Å². The molecule has 0 aliphatic heterocycles. The normalized spacial score (nSPS) is 15.0. The Hall–Kier alpha value is -0.700. The number of rotatable bonds is 16. The summed E-state index contributed by atoms with van der Waals surface area (Å²) in [6, 6.07) is 0. The Morgan fingerprint density at radius 1 is 0.833 bits per heavy atom. The first-order chi connectivity index (χ1) is 11.6. The quantitative estimate of drug-likeness (QED) is 0.164. The molecule has 0 aliphatic carbocycles. The molecule has 0 aromatic carbocycles. The minimum absolute atomic E-state index is 0.159. The van der Waals surface area contributed by atoms with E-state index in [2.05, 4.69) is 52.4 Å². The highest BCUT2D eigenvalue weighted by Crippen LogP contribution is 2.48. The van der Waals surface area contributed by atoms with Crippen molar-refractivity contribution >= 4 is 7.91 Å². The van der Waals surface area contributed by atoms with Gasteiger partial charge in [-0.1, -0.05) is 69.1 Å². The van der Waals surface area contributed by atoms with Crippen LogP contribution in [0.25, 0.3) is 0 Å². The summed E-state index contributed by atoms with van der Waals surface area (Å²) in [7, 11) is -3.23. The summed E-state index contributed by atoms with van der Waals surface area (Å²) in [6.45, 7) is 2.30. The topological polar surface area (TPSA) is 35.5 Å². The third-order valence-electron chi connectivity index (χ3n) is 3.51. The SMILES string of the molecule is CC/C=C\C/C=C\C/C=C\CCCCCCCCOP(=O)(F)OC. The molecule has 0 radical (unpaired) electrons. The molecule has 0 bridgehead atoms. The maximum atomic E-state index is 12.8. The first-order valence-corrected chi connectivity index (χ1v) is 10.5. The number of allylic oxidation sites excluding steroid dienone is 6. The van der Waals surface area contributed by atoms with Crippen LogP contribution in [-0.4, -0.2) is 13.7 Å². The third kappa shape index (κ3) is 17.7. The van der Waals surface area contributed by atoms with Crippen LogP contribution in [0.5, 0.6) is 0 Å². The molecule has 1 unspecified atom stereocenters. The van der Waals surface area contributed by atoms with Crippen LogP contribution in [0, 0.1) is 0 Å². The Morgan fingerprint density at radius 3 is 2.00 bits per heavy atom. The Labute approximate surface area is 147 Å². The zero-order valence-electron chi connectivity index (χ0n) is 15.3. The van der Waals surface area contributed by atoms with Gasteiger partial charge in [0, 0.05) is 7.11 Å². The Morgan fingerprint density at radius 2 is 1.38 bits per heavy atom. The molecule has 0 N–H and O–H groups in total. The van der Waals surface area contributed by atoms with Gasteiger partial charge in [-0.25, -0.2) is 4.57 Å². The van der Waals surface area contributed by atoms with E-state index in [0.717, 1.165) is 52.1 Å². The van der Waals surface area contributed by atoms with Gasteiger partial charge in [0.1, 0.15) is 0 Å². The van der Waals surface area contributed by atoms with E-state index >= 15 is 0 Å². The largest absolute Gasteiger partial charge is 0.512 e. The van der Waals surface area contributed by atoms with E-state index in [-0.39, 0.29) is 6.61 Å². The molecule has 0 aromatic heterocycles. The monoisotopic (exact) mass is 360 g/mol. The van der Waals surface area contributed by atoms with Crippen LogP contribution in [0.1, 0.15) is 71.1 Å². The maximum absolute atomic E-state index is 12.8. The summed E-state index contributed by atoms with van der Waals surface area (Å²) in [4.78, 5) is 0. The Bertz CT molecular complexity index is 405. The van der Waals surface area contributed by atoms with Gasteiger partial charge in [0.2, 0.25) is 0 Å². The average molecular weight is 360 g/mol. The lowest BCUT2D eigenvalue weighted by Gasteiger charge is -2.06. The van der Waals surface area contributed by atoms with Crippen LogP contribution < -0.4 is 0 Å². The molecule has 0 fully saturated rings. The van der Waals surface area contributed by atoms with Crippen molar-refractivity contribution in [1.82, 2.24) is 0 Å². The highest BCUT2D eigenvalue weighted by molar-refractivity contribution is 7.48. The summed E-state index contributed by atoms with van der Waals surface area (Å²) < 4.78 is 32.3. The van der Waals surface area contributed by atoms with Crippen LogP contribution >= 0.6 is 7.91 Å². The van der Waals surface area contributed by atoms with Crippen LogP contribution in [0.15, 0.2) is 36.5 Å². The van der Waals surface area contributed by atoms with Gasteiger partial charge in [0.05, 0.1) is 6.61 Å². The second-order valence-corrected chi connectivity index (χ2v) is 7.13. The molecule has 0 rings (SSSR count). The van der Waals surface area contributed by atoms with Crippen molar-refractivity contribution in [2.24, 2.45) is 0 Å². The fraction of sp³-hybridized carbons (Fsp3) is 0.684. The van der Waals surface area contributed by atoms with E-state index in [4.69, 9.17) is 0 Å². The average Bonchev–Trinajstić information content (AvgIpc) is 2.57. The van der Waals surface area contributed by atoms with Gasteiger partial charge in [0.25, 0.3) is 0 Å². The van der Waals surface area contributed by atoms with Crippen LogP contribution in [0.2, 0.25) is 0 Å².